The van der Waals surface area contributed by atoms with Crippen LogP contribution in [0.25, 0.3) is 0 Å². The van der Waals surface area contributed by atoms with Crippen LogP contribution in [-0.4, -0.2) is 41.4 Å². The Hall–Kier alpha value is -3.65. The van der Waals surface area contributed by atoms with Crippen molar-refractivity contribution >= 4 is 18.0 Å². The number of carbonyl (C=O) groups is 3. The first kappa shape index (κ1) is 22.6. The molecule has 3 N–H and O–H groups in total. The molecule has 0 saturated heterocycles. The number of phenolic OH excluding ortho intramolecular Hbond substituents is 1. The number of ether oxygens (including phenoxy) is 2. The number of alkyl carbamates (subject to hydrolysis) is 1. The van der Waals surface area contributed by atoms with E-state index in [-0.39, 0.29) is 5.75 Å². The highest BCUT2D eigenvalue weighted by Crippen LogP contribution is 2.28. The molecule has 8 nitrogen and oxygen atoms in total. The lowest BCUT2D eigenvalue weighted by Crippen LogP contribution is -2.35. The summed E-state index contributed by atoms with van der Waals surface area (Å²) in [5.41, 5.74) is 0.849. The molecule has 0 bridgehead atoms. The van der Waals surface area contributed by atoms with Gasteiger partial charge in [0.25, 0.3) is 5.91 Å². The predicted molar refractivity (Wildman–Crippen MR) is 108 cm³/mol. The molecule has 0 heterocycles. The van der Waals surface area contributed by atoms with Gasteiger partial charge in [-0.3, -0.25) is 10.1 Å². The lowest BCUT2D eigenvalue weighted by molar-refractivity contribution is -0.131. The summed E-state index contributed by atoms with van der Waals surface area (Å²) in [7, 11) is 1.44. The molecule has 2 atom stereocenters. The van der Waals surface area contributed by atoms with E-state index in [0.29, 0.717) is 24.0 Å². The van der Waals surface area contributed by atoms with Crippen molar-refractivity contribution in [3.63, 3.8) is 0 Å². The Morgan fingerprint density at radius 2 is 1.73 bits per heavy atom. The van der Waals surface area contributed by atoms with Crippen LogP contribution in [0.15, 0.2) is 66.7 Å². The first-order valence-corrected chi connectivity index (χ1v) is 9.19. The summed E-state index contributed by atoms with van der Waals surface area (Å²) in [5.74, 6) is -1.63. The van der Waals surface area contributed by atoms with Gasteiger partial charge in [-0.25, -0.2) is 9.59 Å². The Morgan fingerprint density at radius 1 is 1.07 bits per heavy atom. The van der Waals surface area contributed by atoms with Crippen LogP contribution in [0.2, 0.25) is 0 Å². The van der Waals surface area contributed by atoms with Crippen LogP contribution in [0.3, 0.4) is 0 Å². The van der Waals surface area contributed by atoms with Gasteiger partial charge in [0.2, 0.25) is 0 Å². The van der Waals surface area contributed by atoms with Gasteiger partial charge in [0.05, 0.1) is 6.10 Å². The van der Waals surface area contributed by atoms with Gasteiger partial charge in [0.15, 0.2) is 6.10 Å². The maximum atomic E-state index is 12.4. The zero-order chi connectivity index (χ0) is 21.9. The summed E-state index contributed by atoms with van der Waals surface area (Å²) in [5, 5.41) is 20.4. The van der Waals surface area contributed by atoms with Gasteiger partial charge in [-0.1, -0.05) is 36.4 Å². The van der Waals surface area contributed by atoms with E-state index in [0.717, 1.165) is 6.08 Å². The van der Waals surface area contributed by atoms with Crippen LogP contribution in [0.4, 0.5) is 4.79 Å². The molecule has 30 heavy (non-hydrogen) atoms. The number of phenols is 1. The number of hydrogen-bond donors (Lipinski definition) is 3. The van der Waals surface area contributed by atoms with Crippen LogP contribution in [0.1, 0.15) is 34.9 Å². The summed E-state index contributed by atoms with van der Waals surface area (Å²) in [4.78, 5) is 35.2. The molecule has 2 amide bonds. The zero-order valence-electron chi connectivity index (χ0n) is 16.4. The average molecular weight is 413 g/mol. The van der Waals surface area contributed by atoms with Crippen LogP contribution < -0.4 is 5.32 Å². The molecular formula is C22H23NO7. The van der Waals surface area contributed by atoms with Gasteiger partial charge in [-0.15, -0.1) is 0 Å². The summed E-state index contributed by atoms with van der Waals surface area (Å²) >= 11 is 0. The number of aromatic hydroxyl groups is 1. The molecule has 2 aromatic rings. The molecular weight excluding hydrogens is 390 g/mol. The highest BCUT2D eigenvalue weighted by atomic mass is 16.6. The highest BCUT2D eigenvalue weighted by molar-refractivity contribution is 6.02. The van der Waals surface area contributed by atoms with Gasteiger partial charge in [-0.2, -0.15) is 0 Å². The number of carboxylic acids is 1. The van der Waals surface area contributed by atoms with Crippen molar-refractivity contribution in [2.24, 2.45) is 0 Å². The van der Waals surface area contributed by atoms with Crippen molar-refractivity contribution in [2.45, 2.75) is 25.0 Å². The molecule has 0 aliphatic rings. The maximum Gasteiger partial charge on any atom is 0.414 e. The lowest BCUT2D eigenvalue weighted by Gasteiger charge is -2.26. The number of imide groups is 1. The van der Waals surface area contributed by atoms with Crippen molar-refractivity contribution in [1.29, 1.82) is 0 Å². The molecule has 0 aromatic heterocycles. The maximum absolute atomic E-state index is 12.4. The molecule has 0 aliphatic carbocycles. The summed E-state index contributed by atoms with van der Waals surface area (Å²) < 4.78 is 10.9. The second-order valence-electron chi connectivity index (χ2n) is 6.33. The van der Waals surface area contributed by atoms with Crippen molar-refractivity contribution in [2.75, 3.05) is 7.11 Å². The first-order chi connectivity index (χ1) is 14.4. The number of rotatable bonds is 9. The fourth-order valence-corrected chi connectivity index (χ4v) is 2.76. The van der Waals surface area contributed by atoms with Crippen LogP contribution in [0.5, 0.6) is 5.75 Å². The fraction of sp³-hybridized carbons (Fsp3) is 0.227. The number of aliphatic carboxylic acids is 1. The van der Waals surface area contributed by atoms with E-state index >= 15 is 0 Å². The average Bonchev–Trinajstić information content (AvgIpc) is 2.73. The minimum Gasteiger partial charge on any atom is -0.508 e. The number of hydrogen-bond acceptors (Lipinski definition) is 6. The van der Waals surface area contributed by atoms with E-state index in [1.165, 1.54) is 25.3 Å². The van der Waals surface area contributed by atoms with E-state index in [1.807, 2.05) is 0 Å². The molecule has 0 saturated carbocycles. The minimum absolute atomic E-state index is 0.0413. The van der Waals surface area contributed by atoms with Crippen LogP contribution in [0, 0.1) is 0 Å². The Labute approximate surface area is 173 Å². The molecule has 2 rings (SSSR count). The van der Waals surface area contributed by atoms with Crippen molar-refractivity contribution < 1.29 is 34.1 Å². The summed E-state index contributed by atoms with van der Waals surface area (Å²) in [6.45, 7) is 0. The van der Waals surface area contributed by atoms with E-state index < -0.39 is 30.2 Å². The quantitative estimate of drug-likeness (QED) is 0.538. The molecule has 158 valence electrons. The Kier molecular flexibility index (Phi) is 8.58. The first-order valence-electron chi connectivity index (χ1n) is 9.19. The smallest absolute Gasteiger partial charge is 0.414 e. The molecule has 0 fully saturated rings. The van der Waals surface area contributed by atoms with Crippen molar-refractivity contribution in [3.05, 3.63) is 77.9 Å². The third kappa shape index (κ3) is 7.06. The topological polar surface area (TPSA) is 122 Å². The predicted octanol–water partition coefficient (Wildman–Crippen LogP) is 3.44. The second-order valence-corrected chi connectivity index (χ2v) is 6.33. The number of allylic oxidation sites excluding steroid dienone is 1. The number of benzene rings is 2. The normalized spacial score (nSPS) is 12.8. The number of carboxylic acid groups (broad SMARTS) is 1. The zero-order valence-corrected chi connectivity index (χ0v) is 16.4. The highest BCUT2D eigenvalue weighted by Gasteiger charge is 2.27. The van der Waals surface area contributed by atoms with E-state index in [9.17, 15) is 19.5 Å². The third-order valence-corrected chi connectivity index (χ3v) is 4.23. The van der Waals surface area contributed by atoms with Crippen molar-refractivity contribution in [1.82, 2.24) is 5.32 Å². The molecule has 2 aromatic carbocycles. The molecule has 0 radical (unpaired) electrons. The Balaban J connectivity index is 2.13. The summed E-state index contributed by atoms with van der Waals surface area (Å²) in [6, 6.07) is 14.2. The fourth-order valence-electron chi connectivity index (χ4n) is 2.76. The van der Waals surface area contributed by atoms with Crippen LogP contribution in [-0.2, 0) is 14.3 Å². The third-order valence-electron chi connectivity index (χ3n) is 4.23. The monoisotopic (exact) mass is 413 g/mol. The Bertz CT molecular complexity index is 878. The summed E-state index contributed by atoms with van der Waals surface area (Å²) in [6.07, 6.45) is 0.752. The Morgan fingerprint density at radius 3 is 2.33 bits per heavy atom. The second kappa shape index (κ2) is 11.4. The number of amides is 2. The number of nitrogens with one attached hydrogen (secondary N) is 1. The van der Waals surface area contributed by atoms with Crippen LogP contribution >= 0.6 is 0 Å². The minimum atomic E-state index is -1.06. The molecule has 0 spiro atoms. The van der Waals surface area contributed by atoms with Crippen molar-refractivity contribution in [3.8, 4) is 5.75 Å². The number of methoxy groups -OCH3 is 1. The van der Waals surface area contributed by atoms with Gasteiger partial charge in [0.1, 0.15) is 5.75 Å². The van der Waals surface area contributed by atoms with Gasteiger partial charge < -0.3 is 19.7 Å². The molecule has 0 aliphatic heterocycles. The SMILES string of the molecule is CO[C@@H](CC/C=C/C(=O)O)[C@@H](OC(=O)NC(=O)c1ccccc1)c1ccc(O)cc1. The van der Waals surface area contributed by atoms with E-state index in [1.54, 1.807) is 42.5 Å². The standard InChI is InChI=1S/C22H23NO7/c1-29-18(9-5-6-10-19(25)26)20(15-11-13-17(24)14-12-15)30-22(28)23-21(27)16-7-3-2-4-8-16/h2-4,6-8,10-14,18,20,24H,5,9H2,1H3,(H,25,26)(H,23,27,28)/b10-6+/t18-,20-/m0/s1. The molecule has 0 unspecified atom stereocenters. The largest absolute Gasteiger partial charge is 0.508 e. The van der Waals surface area contributed by atoms with E-state index in [2.05, 4.69) is 5.32 Å². The molecule has 8 heteroatoms. The van der Waals surface area contributed by atoms with E-state index in [4.69, 9.17) is 14.6 Å². The lowest BCUT2D eigenvalue weighted by atomic mass is 10.00. The van der Waals surface area contributed by atoms with Gasteiger partial charge in [-0.05, 0) is 42.7 Å². The van der Waals surface area contributed by atoms with Gasteiger partial charge >= 0.3 is 12.1 Å². The number of carbonyl (C=O) groups excluding carboxylic acids is 2. The van der Waals surface area contributed by atoms with Gasteiger partial charge in [0, 0.05) is 18.7 Å².